The van der Waals surface area contributed by atoms with Gasteiger partial charge in [-0.2, -0.15) is 0 Å². The molecule has 1 saturated heterocycles. The lowest BCUT2D eigenvalue weighted by Gasteiger charge is -2.34. The summed E-state index contributed by atoms with van der Waals surface area (Å²) in [5, 5.41) is 10.3. The van der Waals surface area contributed by atoms with E-state index in [4.69, 9.17) is 9.98 Å². The number of piperidine rings is 1. The maximum absolute atomic E-state index is 4.77. The van der Waals surface area contributed by atoms with Gasteiger partial charge >= 0.3 is 0 Å². The van der Waals surface area contributed by atoms with Gasteiger partial charge in [0.05, 0.1) is 12.2 Å². The number of likely N-dealkylation sites (tertiary alicyclic amines) is 1. The maximum atomic E-state index is 4.77. The molecule has 0 bridgehead atoms. The molecule has 1 fully saturated rings. The molecule has 0 aliphatic carbocycles. The Bertz CT molecular complexity index is 571. The molecule has 2 rings (SSSR count). The summed E-state index contributed by atoms with van der Waals surface area (Å²) < 4.78 is 0. The minimum atomic E-state index is 0. The minimum Gasteiger partial charge on any atom is -0.357 e. The van der Waals surface area contributed by atoms with Crippen LogP contribution in [0.2, 0.25) is 0 Å². The van der Waals surface area contributed by atoms with Gasteiger partial charge in [-0.3, -0.25) is 0 Å². The van der Waals surface area contributed by atoms with Gasteiger partial charge in [-0.25, -0.2) is 9.98 Å². The summed E-state index contributed by atoms with van der Waals surface area (Å²) in [6, 6.07) is 0.512. The maximum Gasteiger partial charge on any atom is 0.191 e. The largest absolute Gasteiger partial charge is 0.357 e. The van der Waals surface area contributed by atoms with Crippen LogP contribution in [-0.4, -0.2) is 48.1 Å². The summed E-state index contributed by atoms with van der Waals surface area (Å²) in [4.78, 5) is 12.1. The van der Waals surface area contributed by atoms with E-state index in [2.05, 4.69) is 62.5 Å². The molecule has 1 aromatic rings. The quantitative estimate of drug-likeness (QED) is 0.344. The van der Waals surface area contributed by atoms with E-state index in [-0.39, 0.29) is 29.4 Å². The van der Waals surface area contributed by atoms with E-state index >= 15 is 0 Å². The van der Waals surface area contributed by atoms with Crippen LogP contribution in [0.4, 0.5) is 0 Å². The van der Waals surface area contributed by atoms with Crippen LogP contribution in [0.5, 0.6) is 0 Å². The van der Waals surface area contributed by atoms with Crippen molar-refractivity contribution >= 4 is 41.3 Å². The van der Waals surface area contributed by atoms with Crippen LogP contribution in [0.1, 0.15) is 65.1 Å². The molecule has 1 aromatic heterocycles. The molecule has 1 aliphatic rings. The van der Waals surface area contributed by atoms with E-state index in [1.165, 1.54) is 32.5 Å². The smallest absolute Gasteiger partial charge is 0.191 e. The molecule has 0 saturated carbocycles. The molecule has 27 heavy (non-hydrogen) atoms. The Morgan fingerprint density at radius 3 is 2.52 bits per heavy atom. The number of halogens is 1. The first-order valence-electron chi connectivity index (χ1n) is 10.00. The van der Waals surface area contributed by atoms with Crippen LogP contribution in [0, 0.1) is 5.92 Å². The second-order valence-electron chi connectivity index (χ2n) is 8.68. The lowest BCUT2D eigenvalue weighted by molar-refractivity contribution is 0.187. The normalized spacial score (nSPS) is 17.1. The number of nitrogens with one attached hydrogen (secondary N) is 2. The highest BCUT2D eigenvalue weighted by atomic mass is 127. The van der Waals surface area contributed by atoms with Gasteiger partial charge in [0.25, 0.3) is 0 Å². The second-order valence-corrected chi connectivity index (χ2v) is 9.63. The molecule has 156 valence electrons. The Morgan fingerprint density at radius 2 is 2.00 bits per heavy atom. The Balaban J connectivity index is 0.00000364. The van der Waals surface area contributed by atoms with Gasteiger partial charge < -0.3 is 15.5 Å². The van der Waals surface area contributed by atoms with Crippen molar-refractivity contribution in [2.75, 3.05) is 26.2 Å². The first-order valence-corrected chi connectivity index (χ1v) is 10.9. The first kappa shape index (κ1) is 24.6. The number of aromatic nitrogens is 1. The molecule has 0 atom stereocenters. The van der Waals surface area contributed by atoms with E-state index in [0.717, 1.165) is 29.1 Å². The predicted molar refractivity (Wildman–Crippen MR) is 128 cm³/mol. The minimum absolute atomic E-state index is 0. The Kier molecular flexibility index (Phi) is 10.5. The SMILES string of the molecule is CCNC(=NCc1nc(C(C)(C)C)cs1)NC1CCN(CC(C)C)CC1.I. The summed E-state index contributed by atoms with van der Waals surface area (Å²) in [5.74, 6) is 1.66. The van der Waals surface area contributed by atoms with Gasteiger partial charge in [0.2, 0.25) is 0 Å². The van der Waals surface area contributed by atoms with Crippen molar-refractivity contribution in [2.45, 2.75) is 72.4 Å². The molecule has 5 nitrogen and oxygen atoms in total. The highest BCUT2D eigenvalue weighted by Crippen LogP contribution is 2.24. The van der Waals surface area contributed by atoms with Crippen molar-refractivity contribution in [3.05, 3.63) is 16.1 Å². The van der Waals surface area contributed by atoms with E-state index in [1.54, 1.807) is 11.3 Å². The van der Waals surface area contributed by atoms with E-state index < -0.39 is 0 Å². The lowest BCUT2D eigenvalue weighted by Crippen LogP contribution is -2.49. The van der Waals surface area contributed by atoms with E-state index in [1.807, 2.05) is 0 Å². The van der Waals surface area contributed by atoms with Gasteiger partial charge in [0.15, 0.2) is 5.96 Å². The molecule has 7 heteroatoms. The van der Waals surface area contributed by atoms with Gasteiger partial charge in [-0.15, -0.1) is 35.3 Å². The molecule has 0 aromatic carbocycles. The molecular weight excluding hydrogens is 469 g/mol. The van der Waals surface area contributed by atoms with Crippen molar-refractivity contribution < 1.29 is 0 Å². The summed E-state index contributed by atoms with van der Waals surface area (Å²) in [6.45, 7) is 18.4. The summed E-state index contributed by atoms with van der Waals surface area (Å²) in [5.41, 5.74) is 1.26. The zero-order chi connectivity index (χ0) is 19.2. The van der Waals surface area contributed by atoms with E-state index in [0.29, 0.717) is 12.6 Å². The predicted octanol–water partition coefficient (Wildman–Crippen LogP) is 4.23. The van der Waals surface area contributed by atoms with Crippen molar-refractivity contribution in [2.24, 2.45) is 10.9 Å². The summed E-state index contributed by atoms with van der Waals surface area (Å²) in [7, 11) is 0. The number of aliphatic imine (C=N–C) groups is 1. The van der Waals surface area contributed by atoms with Gasteiger partial charge in [0.1, 0.15) is 5.01 Å². The van der Waals surface area contributed by atoms with Crippen LogP contribution >= 0.6 is 35.3 Å². The van der Waals surface area contributed by atoms with Crippen LogP contribution in [0.15, 0.2) is 10.4 Å². The summed E-state index contributed by atoms with van der Waals surface area (Å²) in [6.07, 6.45) is 2.37. The number of hydrogen-bond acceptors (Lipinski definition) is 4. The topological polar surface area (TPSA) is 52.6 Å². The van der Waals surface area contributed by atoms with Crippen molar-refractivity contribution in [1.29, 1.82) is 0 Å². The number of rotatable bonds is 6. The number of hydrogen-bond donors (Lipinski definition) is 2. The Morgan fingerprint density at radius 1 is 1.33 bits per heavy atom. The Labute approximate surface area is 186 Å². The molecule has 2 N–H and O–H groups in total. The third-order valence-corrected chi connectivity index (χ3v) is 5.42. The average molecular weight is 508 g/mol. The highest BCUT2D eigenvalue weighted by molar-refractivity contribution is 14.0. The van der Waals surface area contributed by atoms with Crippen LogP contribution < -0.4 is 10.6 Å². The molecule has 0 spiro atoms. The standard InChI is InChI=1S/C20H37N5S.HI/c1-7-21-19(22-12-18-24-17(14-26-18)20(4,5)6)23-16-8-10-25(11-9-16)13-15(2)3;/h14-16H,7-13H2,1-6H3,(H2,21,22,23);1H. The fraction of sp³-hybridized carbons (Fsp3) is 0.800. The molecular formula is C20H38IN5S. The highest BCUT2D eigenvalue weighted by Gasteiger charge is 2.21. The van der Waals surface area contributed by atoms with Crippen LogP contribution in [0.25, 0.3) is 0 Å². The zero-order valence-electron chi connectivity index (χ0n) is 17.8. The second kappa shape index (κ2) is 11.6. The monoisotopic (exact) mass is 507 g/mol. The van der Waals surface area contributed by atoms with Crippen LogP contribution in [0.3, 0.4) is 0 Å². The van der Waals surface area contributed by atoms with Crippen molar-refractivity contribution in [3.63, 3.8) is 0 Å². The zero-order valence-corrected chi connectivity index (χ0v) is 21.0. The van der Waals surface area contributed by atoms with E-state index in [9.17, 15) is 0 Å². The molecule has 0 amide bonds. The molecule has 2 heterocycles. The molecule has 0 radical (unpaired) electrons. The third kappa shape index (κ3) is 8.64. The van der Waals surface area contributed by atoms with Crippen molar-refractivity contribution in [3.8, 4) is 0 Å². The lowest BCUT2D eigenvalue weighted by atomic mass is 9.93. The van der Waals surface area contributed by atoms with Gasteiger partial charge in [-0.05, 0) is 25.7 Å². The van der Waals surface area contributed by atoms with Crippen molar-refractivity contribution in [1.82, 2.24) is 20.5 Å². The van der Waals surface area contributed by atoms with Gasteiger partial charge in [0, 0.05) is 43.0 Å². The molecule has 1 aliphatic heterocycles. The fourth-order valence-electron chi connectivity index (χ4n) is 3.16. The first-order chi connectivity index (χ1) is 12.3. The average Bonchev–Trinajstić information content (AvgIpc) is 3.03. The number of guanidine groups is 1. The molecule has 0 unspecified atom stereocenters. The number of thiazole rings is 1. The Hall–Kier alpha value is -0.410. The van der Waals surface area contributed by atoms with Crippen LogP contribution in [-0.2, 0) is 12.0 Å². The third-order valence-electron chi connectivity index (χ3n) is 4.59. The number of nitrogens with zero attached hydrogens (tertiary/aromatic N) is 3. The fourth-order valence-corrected chi connectivity index (χ4v) is 4.11. The summed E-state index contributed by atoms with van der Waals surface area (Å²) >= 11 is 1.71. The van der Waals surface area contributed by atoms with Gasteiger partial charge in [-0.1, -0.05) is 34.6 Å².